The van der Waals surface area contributed by atoms with Gasteiger partial charge in [0.1, 0.15) is 0 Å². The van der Waals surface area contributed by atoms with E-state index in [0.717, 1.165) is 36.7 Å². The van der Waals surface area contributed by atoms with Gasteiger partial charge in [-0.15, -0.1) is 0 Å². The van der Waals surface area contributed by atoms with Gasteiger partial charge in [0.15, 0.2) is 0 Å². The van der Waals surface area contributed by atoms with Crippen LogP contribution in [0.3, 0.4) is 0 Å². The number of likely N-dealkylation sites (tertiary alicyclic amines) is 1. The Morgan fingerprint density at radius 2 is 1.42 bits per heavy atom. The van der Waals surface area contributed by atoms with E-state index in [2.05, 4.69) is 5.32 Å². The second kappa shape index (κ2) is 7.00. The van der Waals surface area contributed by atoms with Gasteiger partial charge >= 0.3 is 0 Å². The highest BCUT2D eigenvalue weighted by atomic mass is 16.2. The Morgan fingerprint density at radius 3 is 2.27 bits per heavy atom. The van der Waals surface area contributed by atoms with E-state index < -0.39 is 0 Å². The van der Waals surface area contributed by atoms with Crippen molar-refractivity contribution in [3.05, 3.63) is 77.9 Å². The fourth-order valence-electron chi connectivity index (χ4n) is 3.48. The number of amides is 2. The van der Waals surface area contributed by atoms with Gasteiger partial charge in [0.05, 0.1) is 11.3 Å². The normalized spacial score (nSPS) is 13.8. The van der Waals surface area contributed by atoms with Gasteiger partial charge in [-0.1, -0.05) is 48.5 Å². The second-order valence-electron chi connectivity index (χ2n) is 6.53. The van der Waals surface area contributed by atoms with Crippen molar-refractivity contribution in [1.29, 1.82) is 0 Å². The van der Waals surface area contributed by atoms with Gasteiger partial charge in [0.2, 0.25) is 0 Å². The fraction of sp³-hybridized carbons (Fsp3) is 0.182. The number of benzene rings is 3. The summed E-state index contributed by atoms with van der Waals surface area (Å²) in [6.07, 6.45) is 2.08. The Balaban J connectivity index is 1.65. The maximum atomic E-state index is 12.9. The molecule has 1 saturated heterocycles. The average molecular weight is 344 g/mol. The van der Waals surface area contributed by atoms with Crippen molar-refractivity contribution in [2.24, 2.45) is 0 Å². The van der Waals surface area contributed by atoms with Crippen LogP contribution >= 0.6 is 0 Å². The van der Waals surface area contributed by atoms with Crippen LogP contribution < -0.4 is 5.32 Å². The van der Waals surface area contributed by atoms with Crippen LogP contribution in [-0.2, 0) is 0 Å². The van der Waals surface area contributed by atoms with Crippen molar-refractivity contribution < 1.29 is 9.59 Å². The van der Waals surface area contributed by atoms with Crippen LogP contribution in [0.4, 0.5) is 5.69 Å². The Hall–Kier alpha value is -3.14. The van der Waals surface area contributed by atoms with Gasteiger partial charge in [-0.3, -0.25) is 9.59 Å². The van der Waals surface area contributed by atoms with Gasteiger partial charge in [0, 0.05) is 18.7 Å². The minimum atomic E-state index is -0.205. The number of fused-ring (bicyclic) bond motifs is 1. The van der Waals surface area contributed by atoms with E-state index in [1.807, 2.05) is 59.5 Å². The summed E-state index contributed by atoms with van der Waals surface area (Å²) in [6.45, 7) is 1.56. The first-order valence-corrected chi connectivity index (χ1v) is 8.91. The zero-order valence-electron chi connectivity index (χ0n) is 14.4. The van der Waals surface area contributed by atoms with Crippen molar-refractivity contribution in [3.63, 3.8) is 0 Å². The predicted octanol–water partition coefficient (Wildman–Crippen LogP) is 4.33. The molecule has 130 valence electrons. The van der Waals surface area contributed by atoms with Gasteiger partial charge in [0.25, 0.3) is 11.8 Å². The number of nitrogens with zero attached hydrogens (tertiary/aromatic N) is 1. The zero-order valence-corrected chi connectivity index (χ0v) is 14.4. The Bertz CT molecular complexity index is 969. The van der Waals surface area contributed by atoms with Crippen LogP contribution in [0.2, 0.25) is 0 Å². The molecule has 1 aliphatic rings. The van der Waals surface area contributed by atoms with E-state index in [1.165, 1.54) is 0 Å². The number of rotatable bonds is 3. The summed E-state index contributed by atoms with van der Waals surface area (Å²) in [5.74, 6) is -0.222. The van der Waals surface area contributed by atoms with E-state index in [0.29, 0.717) is 16.8 Å². The van der Waals surface area contributed by atoms with Crippen LogP contribution in [0, 0.1) is 0 Å². The molecule has 1 heterocycles. The molecule has 0 spiro atoms. The smallest absolute Gasteiger partial charge is 0.256 e. The summed E-state index contributed by atoms with van der Waals surface area (Å²) in [6, 6.07) is 20.7. The van der Waals surface area contributed by atoms with Crippen molar-refractivity contribution in [2.75, 3.05) is 18.4 Å². The number of hydrogen-bond acceptors (Lipinski definition) is 2. The third kappa shape index (κ3) is 3.06. The highest BCUT2D eigenvalue weighted by Gasteiger charge is 2.22. The summed E-state index contributed by atoms with van der Waals surface area (Å²) in [5.41, 5.74) is 1.71. The number of anilines is 1. The van der Waals surface area contributed by atoms with Crippen LogP contribution in [0.15, 0.2) is 66.7 Å². The first kappa shape index (κ1) is 16.3. The molecular weight excluding hydrogens is 324 g/mol. The molecule has 0 radical (unpaired) electrons. The van der Waals surface area contributed by atoms with E-state index >= 15 is 0 Å². The van der Waals surface area contributed by atoms with Gasteiger partial charge in [-0.2, -0.15) is 0 Å². The van der Waals surface area contributed by atoms with E-state index in [1.54, 1.807) is 12.1 Å². The lowest BCUT2D eigenvalue weighted by Gasteiger charge is -2.18. The number of carbonyl (C=O) groups excluding carboxylic acids is 2. The topological polar surface area (TPSA) is 49.4 Å². The largest absolute Gasteiger partial charge is 0.339 e. The summed E-state index contributed by atoms with van der Waals surface area (Å²) in [5, 5.41) is 4.85. The lowest BCUT2D eigenvalue weighted by molar-refractivity contribution is 0.0794. The molecule has 0 aliphatic carbocycles. The third-order valence-electron chi connectivity index (χ3n) is 4.83. The van der Waals surface area contributed by atoms with Crippen molar-refractivity contribution >= 4 is 28.3 Å². The Labute approximate surface area is 152 Å². The monoisotopic (exact) mass is 344 g/mol. The number of carbonyl (C=O) groups is 2. The molecule has 1 fully saturated rings. The van der Waals surface area contributed by atoms with E-state index in [-0.39, 0.29) is 11.8 Å². The molecule has 0 bridgehead atoms. The highest BCUT2D eigenvalue weighted by Crippen LogP contribution is 2.23. The maximum Gasteiger partial charge on any atom is 0.256 e. The minimum Gasteiger partial charge on any atom is -0.339 e. The van der Waals surface area contributed by atoms with Crippen molar-refractivity contribution in [3.8, 4) is 0 Å². The van der Waals surface area contributed by atoms with Gasteiger partial charge in [-0.05, 0) is 41.8 Å². The summed E-state index contributed by atoms with van der Waals surface area (Å²) >= 11 is 0. The first-order chi connectivity index (χ1) is 12.7. The third-order valence-corrected chi connectivity index (χ3v) is 4.83. The number of para-hydroxylation sites is 1. The summed E-state index contributed by atoms with van der Waals surface area (Å²) in [4.78, 5) is 27.5. The molecule has 0 atom stereocenters. The quantitative estimate of drug-likeness (QED) is 0.769. The molecule has 4 heteroatoms. The molecule has 4 nitrogen and oxygen atoms in total. The van der Waals surface area contributed by atoms with Crippen molar-refractivity contribution in [2.45, 2.75) is 12.8 Å². The molecule has 0 saturated carbocycles. The molecule has 0 aromatic heterocycles. The van der Waals surface area contributed by atoms with E-state index in [4.69, 9.17) is 0 Å². The SMILES string of the molecule is O=C(Nc1ccccc1C(=O)N1CCCC1)c1cccc2ccccc12. The fourth-order valence-corrected chi connectivity index (χ4v) is 3.48. The van der Waals surface area contributed by atoms with Crippen LogP contribution in [-0.4, -0.2) is 29.8 Å². The van der Waals surface area contributed by atoms with Crippen LogP contribution in [0.5, 0.6) is 0 Å². The lowest BCUT2D eigenvalue weighted by atomic mass is 10.0. The predicted molar refractivity (Wildman–Crippen MR) is 103 cm³/mol. The Morgan fingerprint density at radius 1 is 0.769 bits per heavy atom. The standard InChI is InChI=1S/C22H20N2O2/c25-21(18-12-7-9-16-8-1-2-10-17(16)18)23-20-13-4-3-11-19(20)22(26)24-14-5-6-15-24/h1-4,7-13H,5-6,14-15H2,(H,23,25). The summed E-state index contributed by atoms with van der Waals surface area (Å²) in [7, 11) is 0. The minimum absolute atomic E-state index is 0.0173. The molecule has 3 aromatic rings. The molecule has 1 N–H and O–H groups in total. The average Bonchev–Trinajstić information content (AvgIpc) is 3.22. The number of nitrogens with one attached hydrogen (secondary N) is 1. The van der Waals surface area contributed by atoms with E-state index in [9.17, 15) is 9.59 Å². The Kier molecular flexibility index (Phi) is 4.40. The van der Waals surface area contributed by atoms with Crippen LogP contribution in [0.25, 0.3) is 10.8 Å². The van der Waals surface area contributed by atoms with Crippen LogP contribution in [0.1, 0.15) is 33.6 Å². The summed E-state index contributed by atoms with van der Waals surface area (Å²) < 4.78 is 0. The van der Waals surface area contributed by atoms with Gasteiger partial charge < -0.3 is 10.2 Å². The molecule has 4 rings (SSSR count). The second-order valence-corrected chi connectivity index (χ2v) is 6.53. The molecule has 2 amide bonds. The molecular formula is C22H20N2O2. The first-order valence-electron chi connectivity index (χ1n) is 8.91. The zero-order chi connectivity index (χ0) is 17.9. The van der Waals surface area contributed by atoms with Gasteiger partial charge in [-0.25, -0.2) is 0 Å². The molecule has 26 heavy (non-hydrogen) atoms. The lowest BCUT2D eigenvalue weighted by Crippen LogP contribution is -2.28. The van der Waals surface area contributed by atoms with Crippen molar-refractivity contribution in [1.82, 2.24) is 4.90 Å². The maximum absolute atomic E-state index is 12.9. The molecule has 1 aliphatic heterocycles. The molecule has 0 unspecified atom stereocenters. The number of hydrogen-bond donors (Lipinski definition) is 1. The highest BCUT2D eigenvalue weighted by molar-refractivity contribution is 6.14. The molecule has 3 aromatic carbocycles.